The fraction of sp³-hybridized carbons (Fsp3) is 0.500. The van der Waals surface area contributed by atoms with Crippen LogP contribution in [0, 0.1) is 0 Å². The highest BCUT2D eigenvalue weighted by atomic mass is 16.5. The minimum Gasteiger partial charge on any atom is -0.504 e. The van der Waals surface area contributed by atoms with Crippen LogP contribution < -0.4 is 4.74 Å². The standard InChI is InChI=1S/C14H19NO4/c1-2-19-12-9-10(5-6-11(12)16)13(14(17)18)15-7-3-4-8-15/h5-6,9,13,16H,2-4,7-8H2,1H3,(H,17,18). The van der Waals surface area contributed by atoms with Crippen LogP contribution in [-0.4, -0.2) is 40.8 Å². The lowest BCUT2D eigenvalue weighted by Gasteiger charge is -2.24. The van der Waals surface area contributed by atoms with Gasteiger partial charge in [-0.15, -0.1) is 0 Å². The highest BCUT2D eigenvalue weighted by molar-refractivity contribution is 5.76. The molecule has 1 saturated heterocycles. The van der Waals surface area contributed by atoms with E-state index in [2.05, 4.69) is 0 Å². The predicted octanol–water partition coefficient (Wildman–Crippen LogP) is 2.01. The number of ether oxygens (including phenoxy) is 1. The normalized spacial score (nSPS) is 17.3. The van der Waals surface area contributed by atoms with E-state index in [4.69, 9.17) is 4.74 Å². The first-order valence-corrected chi connectivity index (χ1v) is 6.56. The summed E-state index contributed by atoms with van der Waals surface area (Å²) in [6, 6.07) is 4.10. The Labute approximate surface area is 112 Å². The van der Waals surface area contributed by atoms with Gasteiger partial charge in [0.15, 0.2) is 11.5 Å². The summed E-state index contributed by atoms with van der Waals surface area (Å²) in [7, 11) is 0. The van der Waals surface area contributed by atoms with Gasteiger partial charge in [-0.3, -0.25) is 9.69 Å². The molecule has 1 aromatic rings. The third-order valence-electron chi connectivity index (χ3n) is 3.34. The van der Waals surface area contributed by atoms with Crippen molar-refractivity contribution in [3.63, 3.8) is 0 Å². The van der Waals surface area contributed by atoms with Crippen LogP contribution in [0.3, 0.4) is 0 Å². The highest BCUT2D eigenvalue weighted by Crippen LogP contribution is 2.32. The Balaban J connectivity index is 2.30. The molecule has 0 radical (unpaired) electrons. The molecule has 0 aliphatic carbocycles. The lowest BCUT2D eigenvalue weighted by molar-refractivity contribution is -0.143. The Morgan fingerprint density at radius 3 is 2.68 bits per heavy atom. The molecule has 1 heterocycles. The maximum absolute atomic E-state index is 11.5. The molecule has 2 rings (SSSR count). The number of phenols is 1. The number of nitrogens with zero attached hydrogens (tertiary/aromatic N) is 1. The Hall–Kier alpha value is -1.75. The lowest BCUT2D eigenvalue weighted by Crippen LogP contribution is -2.31. The third kappa shape index (κ3) is 2.98. The van der Waals surface area contributed by atoms with Gasteiger partial charge in [-0.1, -0.05) is 6.07 Å². The quantitative estimate of drug-likeness (QED) is 0.852. The second-order valence-electron chi connectivity index (χ2n) is 4.64. The molecule has 0 saturated carbocycles. The molecule has 104 valence electrons. The molecule has 0 aromatic heterocycles. The molecule has 5 heteroatoms. The van der Waals surface area contributed by atoms with Crippen molar-refractivity contribution in [2.45, 2.75) is 25.8 Å². The topological polar surface area (TPSA) is 70.0 Å². The van der Waals surface area contributed by atoms with Gasteiger partial charge < -0.3 is 14.9 Å². The zero-order valence-electron chi connectivity index (χ0n) is 11.0. The summed E-state index contributed by atoms with van der Waals surface area (Å²) in [4.78, 5) is 13.4. The molecule has 1 atom stereocenters. The summed E-state index contributed by atoms with van der Waals surface area (Å²) < 4.78 is 5.31. The summed E-state index contributed by atoms with van der Waals surface area (Å²) in [5.41, 5.74) is 0.649. The summed E-state index contributed by atoms with van der Waals surface area (Å²) in [5, 5.41) is 19.1. The second-order valence-corrected chi connectivity index (χ2v) is 4.64. The van der Waals surface area contributed by atoms with Crippen LogP contribution in [0.15, 0.2) is 18.2 Å². The van der Waals surface area contributed by atoms with E-state index >= 15 is 0 Å². The average molecular weight is 265 g/mol. The molecule has 19 heavy (non-hydrogen) atoms. The van der Waals surface area contributed by atoms with Gasteiger partial charge >= 0.3 is 5.97 Å². The van der Waals surface area contributed by atoms with Crippen LogP contribution in [0.1, 0.15) is 31.4 Å². The van der Waals surface area contributed by atoms with Gasteiger partial charge in [0.25, 0.3) is 0 Å². The molecule has 1 unspecified atom stereocenters. The monoisotopic (exact) mass is 265 g/mol. The van der Waals surface area contributed by atoms with E-state index in [-0.39, 0.29) is 5.75 Å². The maximum atomic E-state index is 11.5. The van der Waals surface area contributed by atoms with Gasteiger partial charge in [-0.25, -0.2) is 0 Å². The van der Waals surface area contributed by atoms with Gasteiger partial charge in [0, 0.05) is 0 Å². The molecular weight excluding hydrogens is 246 g/mol. The number of likely N-dealkylation sites (tertiary alicyclic amines) is 1. The van der Waals surface area contributed by atoms with Crippen LogP contribution in [0.2, 0.25) is 0 Å². The number of carboxylic acids is 1. The minimum atomic E-state index is -0.866. The highest BCUT2D eigenvalue weighted by Gasteiger charge is 2.30. The second kappa shape index (κ2) is 5.93. The van der Waals surface area contributed by atoms with E-state index in [1.54, 1.807) is 12.1 Å². The molecule has 0 amide bonds. The Morgan fingerprint density at radius 2 is 2.11 bits per heavy atom. The molecule has 0 spiro atoms. The first-order chi connectivity index (χ1) is 9.13. The zero-order chi connectivity index (χ0) is 13.8. The fourth-order valence-electron chi connectivity index (χ4n) is 2.48. The van der Waals surface area contributed by atoms with Crippen LogP contribution in [0.25, 0.3) is 0 Å². The molecule has 1 fully saturated rings. The number of aromatic hydroxyl groups is 1. The first-order valence-electron chi connectivity index (χ1n) is 6.56. The number of hydrogen-bond acceptors (Lipinski definition) is 4. The minimum absolute atomic E-state index is 0.0381. The van der Waals surface area contributed by atoms with Crippen molar-refractivity contribution in [1.82, 2.24) is 4.90 Å². The van der Waals surface area contributed by atoms with E-state index < -0.39 is 12.0 Å². The molecule has 5 nitrogen and oxygen atoms in total. The lowest BCUT2D eigenvalue weighted by atomic mass is 10.0. The van der Waals surface area contributed by atoms with Crippen molar-refractivity contribution >= 4 is 5.97 Å². The zero-order valence-corrected chi connectivity index (χ0v) is 11.0. The largest absolute Gasteiger partial charge is 0.504 e. The van der Waals surface area contributed by atoms with Gasteiger partial charge in [0.05, 0.1) is 6.61 Å². The van der Waals surface area contributed by atoms with Crippen molar-refractivity contribution in [2.24, 2.45) is 0 Å². The van der Waals surface area contributed by atoms with E-state index in [0.29, 0.717) is 17.9 Å². The van der Waals surface area contributed by atoms with E-state index in [1.807, 2.05) is 11.8 Å². The Morgan fingerprint density at radius 1 is 1.42 bits per heavy atom. The number of phenolic OH excluding ortho intramolecular Hbond substituents is 1. The predicted molar refractivity (Wildman–Crippen MR) is 70.5 cm³/mol. The Bertz CT molecular complexity index is 455. The van der Waals surface area contributed by atoms with Crippen molar-refractivity contribution in [2.75, 3.05) is 19.7 Å². The fourth-order valence-corrected chi connectivity index (χ4v) is 2.48. The summed E-state index contributed by atoms with van der Waals surface area (Å²) in [6.07, 6.45) is 2.06. The van der Waals surface area contributed by atoms with Crippen molar-refractivity contribution in [3.8, 4) is 11.5 Å². The smallest absolute Gasteiger partial charge is 0.325 e. The molecular formula is C14H19NO4. The molecule has 1 aliphatic rings. The third-order valence-corrected chi connectivity index (χ3v) is 3.34. The number of benzene rings is 1. The van der Waals surface area contributed by atoms with Gasteiger partial charge in [-0.2, -0.15) is 0 Å². The van der Waals surface area contributed by atoms with Gasteiger partial charge in [0.1, 0.15) is 6.04 Å². The first kappa shape index (κ1) is 13.7. The van der Waals surface area contributed by atoms with Crippen LogP contribution in [0.4, 0.5) is 0 Å². The number of hydrogen-bond donors (Lipinski definition) is 2. The average Bonchev–Trinajstić information content (AvgIpc) is 2.87. The van der Waals surface area contributed by atoms with E-state index in [0.717, 1.165) is 25.9 Å². The molecule has 1 aromatic carbocycles. The van der Waals surface area contributed by atoms with Crippen LogP contribution >= 0.6 is 0 Å². The number of rotatable bonds is 5. The molecule has 0 bridgehead atoms. The number of carboxylic acid groups (broad SMARTS) is 1. The van der Waals surface area contributed by atoms with Gasteiger partial charge in [0.2, 0.25) is 0 Å². The van der Waals surface area contributed by atoms with Crippen molar-refractivity contribution in [1.29, 1.82) is 0 Å². The van der Waals surface area contributed by atoms with Crippen molar-refractivity contribution < 1.29 is 19.7 Å². The van der Waals surface area contributed by atoms with Crippen LogP contribution in [0.5, 0.6) is 11.5 Å². The van der Waals surface area contributed by atoms with E-state index in [1.165, 1.54) is 6.07 Å². The number of aliphatic carboxylic acids is 1. The molecule has 2 N–H and O–H groups in total. The summed E-state index contributed by atoms with van der Waals surface area (Å²) >= 11 is 0. The van der Waals surface area contributed by atoms with Crippen LogP contribution in [-0.2, 0) is 4.79 Å². The van der Waals surface area contributed by atoms with Crippen molar-refractivity contribution in [3.05, 3.63) is 23.8 Å². The maximum Gasteiger partial charge on any atom is 0.325 e. The Kier molecular flexibility index (Phi) is 4.27. The summed E-state index contributed by atoms with van der Waals surface area (Å²) in [6.45, 7) is 3.84. The van der Waals surface area contributed by atoms with Gasteiger partial charge in [-0.05, 0) is 50.6 Å². The number of carbonyl (C=O) groups is 1. The SMILES string of the molecule is CCOc1cc(C(C(=O)O)N2CCCC2)ccc1O. The van der Waals surface area contributed by atoms with E-state index in [9.17, 15) is 15.0 Å². The molecule has 1 aliphatic heterocycles. The summed E-state index contributed by atoms with van der Waals surface area (Å²) in [5.74, 6) is -0.489.